The third-order valence-electron chi connectivity index (χ3n) is 3.07. The Bertz CT molecular complexity index is 617. The lowest BCUT2D eigenvalue weighted by Crippen LogP contribution is -2.01. The van der Waals surface area contributed by atoms with Crippen LogP contribution in [0.25, 0.3) is 11.3 Å². The minimum absolute atomic E-state index is 0.104. The molecule has 1 aromatic heterocycles. The van der Waals surface area contributed by atoms with Gasteiger partial charge in [-0.05, 0) is 35.7 Å². The molecular formula is C14H16N2O3. The molecule has 0 aliphatic carbocycles. The number of anilines is 1. The van der Waals surface area contributed by atoms with Gasteiger partial charge in [0.15, 0.2) is 0 Å². The summed E-state index contributed by atoms with van der Waals surface area (Å²) >= 11 is 0. The summed E-state index contributed by atoms with van der Waals surface area (Å²) in [5.74, 6) is -0.245. The summed E-state index contributed by atoms with van der Waals surface area (Å²) in [4.78, 5) is 14.1. The molecule has 0 amide bonds. The van der Waals surface area contributed by atoms with E-state index in [2.05, 4.69) is 4.98 Å². The molecule has 5 nitrogen and oxygen atoms in total. The van der Waals surface area contributed by atoms with Crippen LogP contribution in [0.4, 0.5) is 5.69 Å². The molecule has 2 rings (SSSR count). The molecule has 0 aliphatic heterocycles. The van der Waals surface area contributed by atoms with Crippen molar-refractivity contribution in [2.75, 3.05) is 12.8 Å². The summed E-state index contributed by atoms with van der Waals surface area (Å²) in [6, 6.07) is 5.56. The van der Waals surface area contributed by atoms with Crippen LogP contribution in [0.3, 0.4) is 0 Å². The second-order valence-corrected chi connectivity index (χ2v) is 4.18. The van der Waals surface area contributed by atoms with Gasteiger partial charge in [-0.3, -0.25) is 0 Å². The highest BCUT2D eigenvalue weighted by molar-refractivity contribution is 6.00. The number of aromatic carboxylic acids is 1. The predicted octanol–water partition coefficient (Wildman–Crippen LogP) is 2.53. The molecule has 0 bridgehead atoms. The largest absolute Gasteiger partial charge is 0.496 e. The number of hydrogen-bond donors (Lipinski definition) is 3. The van der Waals surface area contributed by atoms with Crippen LogP contribution < -0.4 is 10.5 Å². The highest BCUT2D eigenvalue weighted by Gasteiger charge is 2.18. The number of nitrogens with one attached hydrogen (secondary N) is 1. The zero-order valence-electron chi connectivity index (χ0n) is 10.9. The quantitative estimate of drug-likeness (QED) is 0.788. The third-order valence-corrected chi connectivity index (χ3v) is 3.07. The second kappa shape index (κ2) is 5.06. The molecule has 0 aliphatic rings. The Labute approximate surface area is 111 Å². The van der Waals surface area contributed by atoms with Crippen LogP contribution in [0.5, 0.6) is 5.75 Å². The fourth-order valence-corrected chi connectivity index (χ4v) is 2.11. The van der Waals surface area contributed by atoms with E-state index in [0.717, 1.165) is 23.3 Å². The Hall–Kier alpha value is -2.43. The van der Waals surface area contributed by atoms with E-state index < -0.39 is 5.97 Å². The van der Waals surface area contributed by atoms with E-state index in [1.807, 2.05) is 25.1 Å². The van der Waals surface area contributed by atoms with Crippen molar-refractivity contribution in [3.8, 4) is 17.0 Å². The summed E-state index contributed by atoms with van der Waals surface area (Å²) in [6.07, 6.45) is 2.30. The molecule has 0 radical (unpaired) electrons. The van der Waals surface area contributed by atoms with Crippen molar-refractivity contribution >= 4 is 11.7 Å². The third kappa shape index (κ3) is 2.27. The van der Waals surface area contributed by atoms with Crippen LogP contribution >= 0.6 is 0 Å². The zero-order chi connectivity index (χ0) is 14.0. The maximum atomic E-state index is 11.2. The number of ether oxygens (including phenoxy) is 1. The van der Waals surface area contributed by atoms with Gasteiger partial charge >= 0.3 is 5.97 Å². The van der Waals surface area contributed by atoms with Crippen LogP contribution in [0.15, 0.2) is 24.4 Å². The topological polar surface area (TPSA) is 88.3 Å². The second-order valence-electron chi connectivity index (χ2n) is 4.18. The molecule has 0 saturated carbocycles. The smallest absolute Gasteiger partial charge is 0.340 e. The number of H-pyrrole nitrogens is 1. The van der Waals surface area contributed by atoms with Crippen LogP contribution in [-0.2, 0) is 6.42 Å². The molecule has 5 heteroatoms. The molecule has 0 saturated heterocycles. The summed E-state index contributed by atoms with van der Waals surface area (Å²) in [5.41, 5.74) is 8.32. The number of rotatable bonds is 4. The van der Waals surface area contributed by atoms with Crippen molar-refractivity contribution in [2.45, 2.75) is 13.3 Å². The number of aromatic amines is 1. The van der Waals surface area contributed by atoms with Crippen LogP contribution in [0.2, 0.25) is 0 Å². The molecule has 0 atom stereocenters. The fraction of sp³-hybridized carbons (Fsp3) is 0.214. The molecule has 1 aromatic carbocycles. The molecule has 2 aromatic rings. The first kappa shape index (κ1) is 13.0. The van der Waals surface area contributed by atoms with Gasteiger partial charge in [-0.25, -0.2) is 4.79 Å². The number of methoxy groups -OCH3 is 1. The molecule has 1 heterocycles. The van der Waals surface area contributed by atoms with Crippen molar-refractivity contribution < 1.29 is 14.6 Å². The van der Waals surface area contributed by atoms with Gasteiger partial charge in [-0.15, -0.1) is 0 Å². The zero-order valence-corrected chi connectivity index (χ0v) is 10.9. The number of nitrogens with two attached hydrogens (primary N) is 1. The molecule has 0 fully saturated rings. The summed E-state index contributed by atoms with van der Waals surface area (Å²) in [5, 5.41) is 9.20. The Balaban J connectivity index is 2.57. The lowest BCUT2D eigenvalue weighted by molar-refractivity contribution is 0.0699. The number of carboxylic acid groups (broad SMARTS) is 1. The monoisotopic (exact) mass is 260 g/mol. The fourth-order valence-electron chi connectivity index (χ4n) is 2.11. The average Bonchev–Trinajstić information content (AvgIpc) is 2.79. The van der Waals surface area contributed by atoms with Gasteiger partial charge in [0.2, 0.25) is 0 Å². The van der Waals surface area contributed by atoms with Crippen LogP contribution in [0.1, 0.15) is 22.8 Å². The number of benzene rings is 1. The standard InChI is InChI=1S/C14H16N2O3/c1-3-8-6-9(4-5-11(8)19-2)13-12(14(17)18)10(15)7-16-13/h4-7,16H,3,15H2,1-2H3,(H,17,18). The number of hydrogen-bond acceptors (Lipinski definition) is 3. The molecule has 0 unspecified atom stereocenters. The minimum atomic E-state index is -1.04. The Kier molecular flexibility index (Phi) is 3.46. The van der Waals surface area contributed by atoms with E-state index in [-0.39, 0.29) is 11.3 Å². The van der Waals surface area contributed by atoms with Gasteiger partial charge in [0.25, 0.3) is 0 Å². The number of nitrogen functional groups attached to an aromatic ring is 1. The van der Waals surface area contributed by atoms with Gasteiger partial charge in [0.05, 0.1) is 18.5 Å². The molecular weight excluding hydrogens is 244 g/mol. The van der Waals surface area contributed by atoms with E-state index in [1.165, 1.54) is 6.20 Å². The predicted molar refractivity (Wildman–Crippen MR) is 73.5 cm³/mol. The maximum absolute atomic E-state index is 11.2. The number of carbonyl (C=O) groups is 1. The normalized spacial score (nSPS) is 10.4. The van der Waals surface area contributed by atoms with Gasteiger partial charge < -0.3 is 20.6 Å². The van der Waals surface area contributed by atoms with Gasteiger partial charge in [0.1, 0.15) is 11.3 Å². The highest BCUT2D eigenvalue weighted by Crippen LogP contribution is 2.30. The first-order chi connectivity index (χ1) is 9.08. The van der Waals surface area contributed by atoms with Gasteiger partial charge in [0, 0.05) is 6.20 Å². The summed E-state index contributed by atoms with van der Waals surface area (Å²) < 4.78 is 5.26. The Morgan fingerprint density at radius 3 is 2.79 bits per heavy atom. The van der Waals surface area contributed by atoms with Crippen molar-refractivity contribution in [3.05, 3.63) is 35.5 Å². The number of carboxylic acids is 1. The van der Waals surface area contributed by atoms with Crippen molar-refractivity contribution in [1.82, 2.24) is 4.98 Å². The SMILES string of the molecule is CCc1cc(-c2[nH]cc(N)c2C(=O)O)ccc1OC. The van der Waals surface area contributed by atoms with Crippen molar-refractivity contribution in [2.24, 2.45) is 0 Å². The molecule has 0 spiro atoms. The number of aryl methyl sites for hydroxylation is 1. The Morgan fingerprint density at radius 2 is 2.21 bits per heavy atom. The Morgan fingerprint density at radius 1 is 1.47 bits per heavy atom. The maximum Gasteiger partial charge on any atom is 0.340 e. The van der Waals surface area contributed by atoms with E-state index in [9.17, 15) is 9.90 Å². The highest BCUT2D eigenvalue weighted by atomic mass is 16.5. The van der Waals surface area contributed by atoms with Crippen LogP contribution in [-0.4, -0.2) is 23.2 Å². The summed E-state index contributed by atoms with van der Waals surface area (Å²) in [7, 11) is 1.61. The van der Waals surface area contributed by atoms with Gasteiger partial charge in [-0.2, -0.15) is 0 Å². The first-order valence-electron chi connectivity index (χ1n) is 5.95. The molecule has 19 heavy (non-hydrogen) atoms. The lowest BCUT2D eigenvalue weighted by atomic mass is 10.0. The van der Waals surface area contributed by atoms with Gasteiger partial charge in [-0.1, -0.05) is 6.92 Å². The van der Waals surface area contributed by atoms with Crippen LogP contribution in [0, 0.1) is 0 Å². The van der Waals surface area contributed by atoms with E-state index in [1.54, 1.807) is 7.11 Å². The van der Waals surface area contributed by atoms with E-state index >= 15 is 0 Å². The minimum Gasteiger partial charge on any atom is -0.496 e. The van der Waals surface area contributed by atoms with E-state index in [0.29, 0.717) is 5.69 Å². The molecule has 4 N–H and O–H groups in total. The first-order valence-corrected chi connectivity index (χ1v) is 5.95. The van der Waals surface area contributed by atoms with Crippen molar-refractivity contribution in [3.63, 3.8) is 0 Å². The number of aromatic nitrogens is 1. The van der Waals surface area contributed by atoms with Crippen molar-refractivity contribution in [1.29, 1.82) is 0 Å². The lowest BCUT2D eigenvalue weighted by Gasteiger charge is -2.09. The molecule has 100 valence electrons. The van der Waals surface area contributed by atoms with E-state index in [4.69, 9.17) is 10.5 Å². The summed E-state index contributed by atoms with van der Waals surface area (Å²) in [6.45, 7) is 2.02. The average molecular weight is 260 g/mol.